The fraction of sp³-hybridized carbons (Fsp3) is 0.0566. The van der Waals surface area contributed by atoms with Crippen molar-refractivity contribution in [1.82, 2.24) is 4.57 Å². The maximum absolute atomic E-state index is 6.31. The molecule has 0 fully saturated rings. The van der Waals surface area contributed by atoms with Gasteiger partial charge in [0.05, 0.1) is 23.0 Å². The second kappa shape index (κ2) is 13.5. The molecule has 4 heteroatoms. The number of rotatable bonds is 7. The molecule has 270 valence electrons. The van der Waals surface area contributed by atoms with Crippen LogP contribution in [0.1, 0.15) is 28.7 Å². The molecule has 0 aliphatic heterocycles. The standard InChI is InChI=1S/C53H37N3O/c1-54-53(40-29-38(34-14-4-2-5-15-34)28-39(30-40)35-16-6-3-7-17-35)52-41-19-9-8-18-36(41)24-26-46(52)55-33-56-47-22-12-10-20-42(47)45-31-37-25-27-50-51(44(37)32-48(45)56)43-21-11-13-23-49(43)57-50/h2-32,52-53H,1,33H2/b55-46-. The third-order valence-electron chi connectivity index (χ3n) is 11.8. The van der Waals surface area contributed by atoms with Gasteiger partial charge in [0.25, 0.3) is 0 Å². The second-order valence-electron chi connectivity index (χ2n) is 14.9. The van der Waals surface area contributed by atoms with E-state index < -0.39 is 0 Å². The van der Waals surface area contributed by atoms with E-state index in [9.17, 15) is 0 Å². The fourth-order valence-corrected chi connectivity index (χ4v) is 9.08. The summed E-state index contributed by atoms with van der Waals surface area (Å²) in [5.74, 6) is -0.149. The first kappa shape index (κ1) is 33.1. The summed E-state index contributed by atoms with van der Waals surface area (Å²) in [5.41, 5.74) is 13.2. The van der Waals surface area contributed by atoms with Gasteiger partial charge in [-0.1, -0.05) is 133 Å². The Morgan fingerprint density at radius 1 is 0.544 bits per heavy atom. The molecular weight excluding hydrogens is 695 g/mol. The molecule has 1 aliphatic carbocycles. The number of aliphatic imine (C=N–C) groups is 2. The predicted molar refractivity (Wildman–Crippen MR) is 239 cm³/mol. The summed E-state index contributed by atoms with van der Waals surface area (Å²) in [6.07, 6.45) is 4.38. The van der Waals surface area contributed by atoms with Gasteiger partial charge in [0.15, 0.2) is 0 Å². The second-order valence-corrected chi connectivity index (χ2v) is 14.9. The number of furan rings is 1. The molecule has 2 unspecified atom stereocenters. The monoisotopic (exact) mass is 731 g/mol. The van der Waals surface area contributed by atoms with Gasteiger partial charge < -0.3 is 8.98 Å². The van der Waals surface area contributed by atoms with Crippen LogP contribution in [0, 0.1) is 0 Å². The number of hydrogen-bond acceptors (Lipinski definition) is 3. The normalized spacial score (nSPS) is 15.2. The summed E-state index contributed by atoms with van der Waals surface area (Å²) in [6.45, 7) is 4.69. The van der Waals surface area contributed by atoms with Crippen molar-refractivity contribution in [3.05, 3.63) is 199 Å². The van der Waals surface area contributed by atoms with Gasteiger partial charge in [0, 0.05) is 27.3 Å². The molecule has 0 saturated heterocycles. The van der Waals surface area contributed by atoms with E-state index in [1.165, 1.54) is 32.7 Å². The Morgan fingerprint density at radius 2 is 1.23 bits per heavy atom. The zero-order valence-electron chi connectivity index (χ0n) is 31.2. The van der Waals surface area contributed by atoms with E-state index in [1.54, 1.807) is 0 Å². The van der Waals surface area contributed by atoms with Crippen molar-refractivity contribution in [2.45, 2.75) is 18.6 Å². The third kappa shape index (κ3) is 5.52. The smallest absolute Gasteiger partial charge is 0.136 e. The zero-order valence-corrected chi connectivity index (χ0v) is 31.2. The highest BCUT2D eigenvalue weighted by Gasteiger charge is 2.32. The molecule has 57 heavy (non-hydrogen) atoms. The molecular formula is C53H37N3O. The van der Waals surface area contributed by atoms with Crippen LogP contribution in [0.2, 0.25) is 0 Å². The molecule has 0 spiro atoms. The summed E-state index contributed by atoms with van der Waals surface area (Å²) >= 11 is 0. The van der Waals surface area contributed by atoms with Crippen molar-refractivity contribution in [3.8, 4) is 22.3 Å². The molecule has 1 aliphatic rings. The van der Waals surface area contributed by atoms with Crippen LogP contribution in [-0.4, -0.2) is 17.0 Å². The number of para-hydroxylation sites is 2. The molecule has 4 nitrogen and oxygen atoms in total. The average Bonchev–Trinajstić information content (AvgIpc) is 3.81. The van der Waals surface area contributed by atoms with Gasteiger partial charge in [-0.15, -0.1) is 0 Å². The van der Waals surface area contributed by atoms with Crippen LogP contribution in [-0.2, 0) is 6.67 Å². The maximum atomic E-state index is 6.31. The lowest BCUT2D eigenvalue weighted by atomic mass is 9.77. The number of benzene rings is 8. The third-order valence-corrected chi connectivity index (χ3v) is 11.8. The van der Waals surface area contributed by atoms with Gasteiger partial charge in [-0.3, -0.25) is 9.98 Å². The molecule has 2 heterocycles. The summed E-state index contributed by atoms with van der Waals surface area (Å²) in [7, 11) is 0. The topological polar surface area (TPSA) is 42.8 Å². The van der Waals surface area contributed by atoms with Crippen LogP contribution < -0.4 is 0 Å². The van der Waals surface area contributed by atoms with Crippen LogP contribution >= 0.6 is 0 Å². The first-order valence-corrected chi connectivity index (χ1v) is 19.5. The molecule has 2 atom stereocenters. The Bertz CT molecular complexity index is 3180. The summed E-state index contributed by atoms with van der Waals surface area (Å²) < 4.78 is 8.68. The molecule has 0 amide bonds. The van der Waals surface area contributed by atoms with Crippen molar-refractivity contribution in [3.63, 3.8) is 0 Å². The summed E-state index contributed by atoms with van der Waals surface area (Å²) in [4.78, 5) is 10.5. The zero-order chi connectivity index (χ0) is 37.9. The first-order valence-electron chi connectivity index (χ1n) is 19.5. The maximum Gasteiger partial charge on any atom is 0.136 e. The van der Waals surface area contributed by atoms with E-state index in [4.69, 9.17) is 14.4 Å². The highest BCUT2D eigenvalue weighted by atomic mass is 16.3. The molecule has 2 aromatic heterocycles. The molecule has 8 aromatic carbocycles. The van der Waals surface area contributed by atoms with E-state index in [1.807, 2.05) is 12.1 Å². The van der Waals surface area contributed by atoms with Crippen LogP contribution in [0.15, 0.2) is 196 Å². The Hall–Kier alpha value is -7.30. The summed E-state index contributed by atoms with van der Waals surface area (Å²) in [5, 5.41) is 7.06. The van der Waals surface area contributed by atoms with E-state index in [0.717, 1.165) is 66.5 Å². The van der Waals surface area contributed by atoms with E-state index >= 15 is 0 Å². The molecule has 10 aromatic rings. The number of nitrogens with zero attached hydrogens (tertiary/aromatic N) is 3. The Morgan fingerprint density at radius 3 is 2.00 bits per heavy atom. The minimum absolute atomic E-state index is 0.149. The molecule has 11 rings (SSSR count). The van der Waals surface area contributed by atoms with Crippen molar-refractivity contribution in [1.29, 1.82) is 0 Å². The van der Waals surface area contributed by atoms with Crippen molar-refractivity contribution in [2.75, 3.05) is 0 Å². The Labute approximate surface area is 330 Å². The molecule has 0 N–H and O–H groups in total. The largest absolute Gasteiger partial charge is 0.456 e. The van der Waals surface area contributed by atoms with Crippen LogP contribution in [0.5, 0.6) is 0 Å². The minimum atomic E-state index is -0.286. The van der Waals surface area contributed by atoms with Gasteiger partial charge in [0.2, 0.25) is 0 Å². The average molecular weight is 732 g/mol. The lowest BCUT2D eigenvalue weighted by molar-refractivity contribution is 0.669. The van der Waals surface area contributed by atoms with Crippen molar-refractivity contribution in [2.24, 2.45) is 9.98 Å². The molecule has 0 saturated carbocycles. The van der Waals surface area contributed by atoms with E-state index in [2.05, 4.69) is 187 Å². The lowest BCUT2D eigenvalue weighted by Crippen LogP contribution is -2.22. The summed E-state index contributed by atoms with van der Waals surface area (Å²) in [6, 6.07) is 62.3. The number of hydrogen-bond donors (Lipinski definition) is 0. The Kier molecular flexibility index (Phi) is 7.82. The van der Waals surface area contributed by atoms with Gasteiger partial charge >= 0.3 is 0 Å². The van der Waals surface area contributed by atoms with Crippen LogP contribution in [0.25, 0.3) is 82.8 Å². The highest BCUT2D eigenvalue weighted by molar-refractivity contribution is 6.23. The van der Waals surface area contributed by atoms with Crippen molar-refractivity contribution >= 4 is 73.0 Å². The van der Waals surface area contributed by atoms with Gasteiger partial charge in [-0.05, 0) is 111 Å². The number of fused-ring (bicyclic) bond motifs is 9. The van der Waals surface area contributed by atoms with Crippen LogP contribution in [0.4, 0.5) is 0 Å². The molecule has 0 bridgehead atoms. The fourth-order valence-electron chi connectivity index (χ4n) is 9.08. The van der Waals surface area contributed by atoms with Gasteiger partial charge in [0.1, 0.15) is 17.8 Å². The van der Waals surface area contributed by atoms with Gasteiger partial charge in [-0.25, -0.2) is 0 Å². The lowest BCUT2D eigenvalue weighted by Gasteiger charge is -2.30. The van der Waals surface area contributed by atoms with Crippen molar-refractivity contribution < 1.29 is 4.42 Å². The predicted octanol–water partition coefficient (Wildman–Crippen LogP) is 13.8. The first-order chi connectivity index (χ1) is 28.2. The molecule has 0 radical (unpaired) electrons. The van der Waals surface area contributed by atoms with E-state index in [0.29, 0.717) is 6.67 Å². The quantitative estimate of drug-likeness (QED) is 0.151. The number of aromatic nitrogens is 1. The highest BCUT2D eigenvalue weighted by Crippen LogP contribution is 2.43. The minimum Gasteiger partial charge on any atom is -0.456 e. The van der Waals surface area contributed by atoms with Crippen LogP contribution in [0.3, 0.4) is 0 Å². The Balaban J connectivity index is 1.08. The van der Waals surface area contributed by atoms with E-state index in [-0.39, 0.29) is 12.0 Å². The van der Waals surface area contributed by atoms with Gasteiger partial charge in [-0.2, -0.15) is 0 Å². The number of allylic oxidation sites excluding steroid dienone is 1. The SMILES string of the molecule is C=NC(c1cc(-c2ccccc2)cc(-c2ccccc2)c1)C1/C(=N\Cn2c3ccccc3c3cc4ccc5oc6ccccc6c5c4cc32)C=Cc2ccccc21.